The first-order valence-corrected chi connectivity index (χ1v) is 7.78. The van der Waals surface area contributed by atoms with Gasteiger partial charge in [-0.2, -0.15) is 16.3 Å². The minimum atomic E-state index is 0.438. The van der Waals surface area contributed by atoms with Crippen LogP contribution in [0.2, 0.25) is 0 Å². The van der Waals surface area contributed by atoms with E-state index in [9.17, 15) is 0 Å². The van der Waals surface area contributed by atoms with E-state index in [0.717, 1.165) is 17.8 Å². The Hall–Kier alpha value is -2.06. The molecule has 1 aliphatic carbocycles. The second-order valence-electron chi connectivity index (χ2n) is 5.09. The molecular weight excluding hydrogens is 288 g/mol. The molecule has 108 valence electrons. The summed E-state index contributed by atoms with van der Waals surface area (Å²) in [5.74, 6) is 1.14. The van der Waals surface area contributed by atoms with Crippen molar-refractivity contribution in [1.29, 1.82) is 0 Å². The fourth-order valence-electron chi connectivity index (χ4n) is 2.00. The first-order valence-electron chi connectivity index (χ1n) is 6.84. The topological polar surface area (TPSA) is 81.7 Å². The van der Waals surface area contributed by atoms with Crippen LogP contribution in [0.5, 0.6) is 0 Å². The fourth-order valence-corrected chi connectivity index (χ4v) is 2.63. The van der Waals surface area contributed by atoms with Crippen molar-refractivity contribution in [1.82, 2.24) is 30.5 Å². The van der Waals surface area contributed by atoms with E-state index in [0.29, 0.717) is 24.3 Å². The molecular formula is C13H14N6OS. The Balaban J connectivity index is 1.41. The first kappa shape index (κ1) is 12.7. The van der Waals surface area contributed by atoms with Crippen LogP contribution in [0.15, 0.2) is 27.5 Å². The number of hydrogen-bond donors (Lipinski definition) is 1. The zero-order valence-corrected chi connectivity index (χ0v) is 12.1. The molecule has 1 fully saturated rings. The molecule has 0 spiro atoms. The van der Waals surface area contributed by atoms with Crippen LogP contribution in [-0.4, -0.2) is 31.2 Å². The van der Waals surface area contributed by atoms with Gasteiger partial charge in [0.05, 0.1) is 11.9 Å². The molecule has 1 saturated carbocycles. The van der Waals surface area contributed by atoms with Gasteiger partial charge in [0.25, 0.3) is 0 Å². The second-order valence-corrected chi connectivity index (χ2v) is 5.87. The normalized spacial score (nSPS) is 14.7. The van der Waals surface area contributed by atoms with Crippen LogP contribution in [0.3, 0.4) is 0 Å². The van der Waals surface area contributed by atoms with Gasteiger partial charge in [-0.1, -0.05) is 10.4 Å². The van der Waals surface area contributed by atoms with Gasteiger partial charge >= 0.3 is 0 Å². The van der Waals surface area contributed by atoms with Gasteiger partial charge < -0.3 is 9.84 Å². The van der Waals surface area contributed by atoms with Crippen molar-refractivity contribution in [2.45, 2.75) is 32.0 Å². The van der Waals surface area contributed by atoms with Gasteiger partial charge in [-0.25, -0.2) is 4.68 Å². The Bertz CT molecular complexity index is 715. The summed E-state index contributed by atoms with van der Waals surface area (Å²) in [4.78, 5) is 4.37. The van der Waals surface area contributed by atoms with Crippen LogP contribution >= 0.6 is 11.3 Å². The molecule has 21 heavy (non-hydrogen) atoms. The second kappa shape index (κ2) is 5.38. The van der Waals surface area contributed by atoms with E-state index < -0.39 is 0 Å². The predicted molar refractivity (Wildman–Crippen MR) is 76.6 cm³/mol. The lowest BCUT2D eigenvalue weighted by molar-refractivity contribution is 0.364. The summed E-state index contributed by atoms with van der Waals surface area (Å²) in [5, 5.41) is 19.6. The Morgan fingerprint density at radius 1 is 1.43 bits per heavy atom. The van der Waals surface area contributed by atoms with Crippen molar-refractivity contribution in [3.8, 4) is 11.4 Å². The summed E-state index contributed by atoms with van der Waals surface area (Å²) in [7, 11) is 0. The molecule has 0 aromatic carbocycles. The molecule has 4 rings (SSSR count). The molecule has 0 bridgehead atoms. The highest BCUT2D eigenvalue weighted by molar-refractivity contribution is 7.08. The Labute approximate surface area is 125 Å². The molecule has 0 saturated heterocycles. The molecule has 0 aliphatic heterocycles. The van der Waals surface area contributed by atoms with Gasteiger partial charge in [0, 0.05) is 23.5 Å². The number of nitrogens with zero attached hydrogens (tertiary/aromatic N) is 5. The van der Waals surface area contributed by atoms with Gasteiger partial charge in [0.1, 0.15) is 6.54 Å². The van der Waals surface area contributed by atoms with Gasteiger partial charge in [-0.3, -0.25) is 0 Å². The SMILES string of the molecule is c1cc(-c2noc(Cn3cc(CNC4CC4)nn3)n2)cs1. The summed E-state index contributed by atoms with van der Waals surface area (Å²) in [5.41, 5.74) is 1.90. The lowest BCUT2D eigenvalue weighted by Crippen LogP contribution is -2.15. The minimum absolute atomic E-state index is 0.438. The summed E-state index contributed by atoms with van der Waals surface area (Å²) in [6.07, 6.45) is 4.44. The largest absolute Gasteiger partial charge is 0.337 e. The van der Waals surface area contributed by atoms with Gasteiger partial charge in [0.2, 0.25) is 11.7 Å². The number of thiophene rings is 1. The zero-order valence-electron chi connectivity index (χ0n) is 11.3. The van der Waals surface area contributed by atoms with Crippen molar-refractivity contribution >= 4 is 11.3 Å². The maximum atomic E-state index is 5.25. The van der Waals surface area contributed by atoms with Gasteiger partial charge in [-0.05, 0) is 24.3 Å². The van der Waals surface area contributed by atoms with E-state index in [-0.39, 0.29) is 0 Å². The molecule has 3 aromatic heterocycles. The maximum absolute atomic E-state index is 5.25. The highest BCUT2D eigenvalue weighted by Gasteiger charge is 2.20. The third-order valence-electron chi connectivity index (χ3n) is 3.28. The average molecular weight is 302 g/mol. The van der Waals surface area contributed by atoms with Crippen LogP contribution in [0.25, 0.3) is 11.4 Å². The zero-order chi connectivity index (χ0) is 14.1. The molecule has 1 aliphatic rings. The number of hydrogen-bond acceptors (Lipinski definition) is 7. The molecule has 0 amide bonds. The summed E-state index contributed by atoms with van der Waals surface area (Å²) < 4.78 is 6.97. The smallest absolute Gasteiger partial charge is 0.248 e. The molecule has 3 aromatic rings. The van der Waals surface area contributed by atoms with Crippen molar-refractivity contribution in [3.05, 3.63) is 34.6 Å². The lowest BCUT2D eigenvalue weighted by Gasteiger charge is -1.96. The Kier molecular flexibility index (Phi) is 3.24. The van der Waals surface area contributed by atoms with Crippen LogP contribution in [0, 0.1) is 0 Å². The van der Waals surface area contributed by atoms with Crippen molar-refractivity contribution < 1.29 is 4.52 Å². The summed E-state index contributed by atoms with van der Waals surface area (Å²) in [6, 6.07) is 2.63. The number of aromatic nitrogens is 5. The van der Waals surface area contributed by atoms with E-state index in [1.165, 1.54) is 12.8 Å². The van der Waals surface area contributed by atoms with E-state index in [1.54, 1.807) is 16.0 Å². The number of rotatable bonds is 6. The highest BCUT2D eigenvalue weighted by atomic mass is 32.1. The van der Waals surface area contributed by atoms with E-state index in [2.05, 4.69) is 25.8 Å². The molecule has 7 nitrogen and oxygen atoms in total. The Morgan fingerprint density at radius 3 is 3.19 bits per heavy atom. The van der Waals surface area contributed by atoms with Gasteiger partial charge in [0.15, 0.2) is 0 Å². The molecule has 1 N–H and O–H groups in total. The van der Waals surface area contributed by atoms with Crippen molar-refractivity contribution in [3.63, 3.8) is 0 Å². The van der Waals surface area contributed by atoms with Crippen LogP contribution in [-0.2, 0) is 13.1 Å². The Morgan fingerprint density at radius 2 is 2.38 bits per heavy atom. The minimum Gasteiger partial charge on any atom is -0.337 e. The molecule has 0 radical (unpaired) electrons. The third kappa shape index (κ3) is 3.01. The molecule has 0 unspecified atom stereocenters. The van der Waals surface area contributed by atoms with E-state index >= 15 is 0 Å². The molecule has 0 atom stereocenters. The van der Waals surface area contributed by atoms with E-state index in [1.807, 2.05) is 23.0 Å². The van der Waals surface area contributed by atoms with Gasteiger partial charge in [-0.15, -0.1) is 5.10 Å². The van der Waals surface area contributed by atoms with Crippen molar-refractivity contribution in [2.75, 3.05) is 0 Å². The van der Waals surface area contributed by atoms with E-state index in [4.69, 9.17) is 4.52 Å². The van der Waals surface area contributed by atoms with Crippen LogP contribution in [0.4, 0.5) is 0 Å². The lowest BCUT2D eigenvalue weighted by atomic mass is 10.3. The summed E-state index contributed by atoms with van der Waals surface area (Å²) >= 11 is 1.61. The third-order valence-corrected chi connectivity index (χ3v) is 3.96. The monoisotopic (exact) mass is 302 g/mol. The molecule has 3 heterocycles. The standard InChI is InChI=1S/C13H14N6OS/c1-2-10(1)14-5-11-6-19(18-16-11)7-12-15-13(17-20-12)9-3-4-21-8-9/h3-4,6,8,10,14H,1-2,5,7H2. The average Bonchev–Trinajstić information content (AvgIpc) is 2.93. The van der Waals surface area contributed by atoms with Crippen molar-refractivity contribution in [2.24, 2.45) is 0 Å². The predicted octanol–water partition coefficient (Wildman–Crippen LogP) is 1.69. The fraction of sp³-hybridized carbons (Fsp3) is 0.385. The summed E-state index contributed by atoms with van der Waals surface area (Å²) in [6.45, 7) is 1.20. The maximum Gasteiger partial charge on any atom is 0.248 e. The van der Waals surface area contributed by atoms with Crippen LogP contribution < -0.4 is 5.32 Å². The highest BCUT2D eigenvalue weighted by Crippen LogP contribution is 2.19. The molecule has 8 heteroatoms. The van der Waals surface area contributed by atoms with Crippen LogP contribution in [0.1, 0.15) is 24.4 Å². The number of nitrogens with one attached hydrogen (secondary N) is 1. The first-order chi connectivity index (χ1) is 10.4. The quantitative estimate of drug-likeness (QED) is 0.746.